The van der Waals surface area contributed by atoms with Gasteiger partial charge in [-0.3, -0.25) is 9.59 Å². The van der Waals surface area contributed by atoms with E-state index in [9.17, 15) is 14.7 Å². The molecule has 0 saturated heterocycles. The van der Waals surface area contributed by atoms with Crippen LogP contribution in [0, 0.1) is 0 Å². The second kappa shape index (κ2) is 4.18. The molecule has 1 aliphatic heterocycles. The molecule has 2 rings (SSSR count). The van der Waals surface area contributed by atoms with Crippen molar-refractivity contribution < 1.29 is 14.7 Å². The zero-order chi connectivity index (χ0) is 12.6. The number of rotatable bonds is 2. The number of amides is 2. The van der Waals surface area contributed by atoms with Gasteiger partial charge in [0.2, 0.25) is 5.91 Å². The number of carbonyl (C=O) groups is 2. The summed E-state index contributed by atoms with van der Waals surface area (Å²) in [7, 11) is 1.60. The minimum Gasteiger partial charge on any atom is -0.384 e. The summed E-state index contributed by atoms with van der Waals surface area (Å²) in [5.41, 5.74) is 2.33. The molecule has 0 saturated carbocycles. The summed E-state index contributed by atoms with van der Waals surface area (Å²) in [5.74, 6) is -0.413. The number of carbonyl (C=O) groups excluding carboxylic acids is 2. The van der Waals surface area contributed by atoms with E-state index in [0.717, 1.165) is 11.3 Å². The first-order chi connectivity index (χ1) is 7.99. The highest BCUT2D eigenvalue weighted by atomic mass is 16.3. The van der Waals surface area contributed by atoms with Gasteiger partial charge in [0.25, 0.3) is 5.91 Å². The summed E-state index contributed by atoms with van der Waals surface area (Å²) in [5, 5.41) is 12.0. The molecule has 5 nitrogen and oxygen atoms in total. The van der Waals surface area contributed by atoms with Crippen LogP contribution in [-0.4, -0.2) is 30.1 Å². The van der Waals surface area contributed by atoms with Gasteiger partial charge in [-0.25, -0.2) is 0 Å². The molecule has 0 bridgehead atoms. The lowest BCUT2D eigenvalue weighted by Crippen LogP contribution is -2.34. The number of aliphatic hydroxyl groups is 1. The van der Waals surface area contributed by atoms with Gasteiger partial charge in [0, 0.05) is 18.4 Å². The lowest BCUT2D eigenvalue weighted by atomic mass is 10.1. The highest BCUT2D eigenvalue weighted by Gasteiger charge is 2.21. The number of hydrogen-bond donors (Lipinski definition) is 2. The van der Waals surface area contributed by atoms with E-state index in [2.05, 4.69) is 5.32 Å². The Morgan fingerprint density at radius 2 is 2.24 bits per heavy atom. The van der Waals surface area contributed by atoms with Crippen LogP contribution >= 0.6 is 0 Å². The van der Waals surface area contributed by atoms with Crippen LogP contribution in [0.25, 0.3) is 0 Å². The molecule has 90 valence electrons. The molecule has 1 atom stereocenters. The third kappa shape index (κ3) is 2.14. The van der Waals surface area contributed by atoms with Gasteiger partial charge in [-0.15, -0.1) is 0 Å². The molecule has 0 spiro atoms. The summed E-state index contributed by atoms with van der Waals surface area (Å²) < 4.78 is 0. The van der Waals surface area contributed by atoms with Gasteiger partial charge >= 0.3 is 0 Å². The van der Waals surface area contributed by atoms with Gasteiger partial charge in [0.1, 0.15) is 6.10 Å². The van der Waals surface area contributed by atoms with Crippen molar-refractivity contribution in [3.8, 4) is 0 Å². The first-order valence-corrected chi connectivity index (χ1v) is 5.37. The van der Waals surface area contributed by atoms with Crippen molar-refractivity contribution in [3.05, 3.63) is 23.8 Å². The highest BCUT2D eigenvalue weighted by Crippen LogP contribution is 2.27. The average Bonchev–Trinajstić information content (AvgIpc) is 2.65. The molecule has 1 aliphatic rings. The van der Waals surface area contributed by atoms with Crippen LogP contribution in [0.1, 0.15) is 12.5 Å². The molecular weight excluding hydrogens is 220 g/mol. The summed E-state index contributed by atoms with van der Waals surface area (Å²) >= 11 is 0. The minimum absolute atomic E-state index is 0.0401. The van der Waals surface area contributed by atoms with Gasteiger partial charge in [-0.05, 0) is 30.7 Å². The number of likely N-dealkylation sites (N-methyl/N-ethyl adjacent to an activating group) is 1. The number of nitrogens with zero attached hydrogens (tertiary/aromatic N) is 1. The highest BCUT2D eigenvalue weighted by molar-refractivity contribution is 6.01. The molecule has 17 heavy (non-hydrogen) atoms. The number of nitrogens with one attached hydrogen (secondary N) is 1. The second-order valence-corrected chi connectivity index (χ2v) is 4.14. The SMILES string of the molecule is CC(O)C(=O)N(C)c1ccc2c(c1)CC(=O)N2. The van der Waals surface area contributed by atoms with Crippen LogP contribution in [0.3, 0.4) is 0 Å². The van der Waals surface area contributed by atoms with Crippen molar-refractivity contribution in [1.82, 2.24) is 0 Å². The summed E-state index contributed by atoms with van der Waals surface area (Å²) in [6.45, 7) is 1.43. The van der Waals surface area contributed by atoms with Crippen molar-refractivity contribution in [2.24, 2.45) is 0 Å². The Hall–Kier alpha value is -1.88. The third-order valence-electron chi connectivity index (χ3n) is 2.79. The maximum atomic E-state index is 11.6. The van der Waals surface area contributed by atoms with Crippen LogP contribution in [0.2, 0.25) is 0 Å². The van der Waals surface area contributed by atoms with E-state index in [1.54, 1.807) is 25.2 Å². The molecule has 1 unspecified atom stereocenters. The minimum atomic E-state index is -1.03. The topological polar surface area (TPSA) is 69.6 Å². The summed E-state index contributed by atoms with van der Waals surface area (Å²) in [6.07, 6.45) is -0.701. The van der Waals surface area contributed by atoms with Crippen LogP contribution in [0.4, 0.5) is 11.4 Å². The predicted octanol–water partition coefficient (Wildman–Crippen LogP) is 0.525. The fraction of sp³-hybridized carbons (Fsp3) is 0.333. The zero-order valence-electron chi connectivity index (χ0n) is 9.73. The van der Waals surface area contributed by atoms with Crippen molar-refractivity contribution in [3.63, 3.8) is 0 Å². The first kappa shape index (κ1) is 11.6. The summed E-state index contributed by atoms with van der Waals surface area (Å²) in [4.78, 5) is 24.2. The molecular formula is C12H14N2O3. The van der Waals surface area contributed by atoms with Crippen LogP contribution in [-0.2, 0) is 16.0 Å². The van der Waals surface area contributed by atoms with Crippen molar-refractivity contribution >= 4 is 23.2 Å². The zero-order valence-corrected chi connectivity index (χ0v) is 9.73. The molecule has 2 amide bonds. The fourth-order valence-corrected chi connectivity index (χ4v) is 1.83. The predicted molar refractivity (Wildman–Crippen MR) is 63.9 cm³/mol. The second-order valence-electron chi connectivity index (χ2n) is 4.14. The standard InChI is InChI=1S/C12H14N2O3/c1-7(15)12(17)14(2)9-3-4-10-8(5-9)6-11(16)13-10/h3-5,7,15H,6H2,1-2H3,(H,13,16). The Morgan fingerprint density at radius 1 is 1.53 bits per heavy atom. The smallest absolute Gasteiger partial charge is 0.255 e. The average molecular weight is 234 g/mol. The monoisotopic (exact) mass is 234 g/mol. The van der Waals surface area contributed by atoms with Gasteiger partial charge in [-0.2, -0.15) is 0 Å². The summed E-state index contributed by atoms with van der Waals surface area (Å²) in [6, 6.07) is 5.29. The molecule has 2 N–H and O–H groups in total. The van der Waals surface area contributed by atoms with Crippen LogP contribution < -0.4 is 10.2 Å². The van der Waals surface area contributed by atoms with Crippen molar-refractivity contribution in [1.29, 1.82) is 0 Å². The molecule has 0 fully saturated rings. The number of hydrogen-bond acceptors (Lipinski definition) is 3. The van der Waals surface area contributed by atoms with E-state index >= 15 is 0 Å². The lowest BCUT2D eigenvalue weighted by Gasteiger charge is -2.19. The van der Waals surface area contributed by atoms with Crippen molar-refractivity contribution in [2.45, 2.75) is 19.4 Å². The van der Waals surface area contributed by atoms with Gasteiger partial charge in [0.05, 0.1) is 6.42 Å². The van der Waals surface area contributed by atoms with E-state index in [4.69, 9.17) is 0 Å². The maximum Gasteiger partial charge on any atom is 0.255 e. The molecule has 1 aromatic carbocycles. The Kier molecular flexibility index (Phi) is 2.85. The van der Waals surface area contributed by atoms with Crippen LogP contribution in [0.15, 0.2) is 18.2 Å². The molecule has 0 aromatic heterocycles. The maximum absolute atomic E-state index is 11.6. The largest absolute Gasteiger partial charge is 0.384 e. The molecule has 1 heterocycles. The van der Waals surface area contributed by atoms with E-state index in [0.29, 0.717) is 12.1 Å². The Balaban J connectivity index is 2.27. The third-order valence-corrected chi connectivity index (χ3v) is 2.79. The van der Waals surface area contributed by atoms with E-state index in [1.165, 1.54) is 11.8 Å². The Labute approximate surface area is 99.0 Å². The molecule has 5 heteroatoms. The quantitative estimate of drug-likeness (QED) is 0.784. The molecule has 1 aromatic rings. The van der Waals surface area contributed by atoms with Crippen molar-refractivity contribution in [2.75, 3.05) is 17.3 Å². The van der Waals surface area contributed by atoms with Gasteiger partial charge in [0.15, 0.2) is 0 Å². The molecule has 0 radical (unpaired) electrons. The van der Waals surface area contributed by atoms with E-state index in [1.807, 2.05) is 0 Å². The van der Waals surface area contributed by atoms with Crippen LogP contribution in [0.5, 0.6) is 0 Å². The first-order valence-electron chi connectivity index (χ1n) is 5.37. The molecule has 0 aliphatic carbocycles. The lowest BCUT2D eigenvalue weighted by molar-refractivity contribution is -0.125. The number of anilines is 2. The van der Waals surface area contributed by atoms with E-state index in [-0.39, 0.29) is 11.8 Å². The van der Waals surface area contributed by atoms with E-state index < -0.39 is 6.10 Å². The number of fused-ring (bicyclic) bond motifs is 1. The Morgan fingerprint density at radius 3 is 2.88 bits per heavy atom. The van der Waals surface area contributed by atoms with Gasteiger partial charge in [-0.1, -0.05) is 0 Å². The van der Waals surface area contributed by atoms with Gasteiger partial charge < -0.3 is 15.3 Å². The number of benzene rings is 1. The fourth-order valence-electron chi connectivity index (χ4n) is 1.83. The Bertz CT molecular complexity index is 483. The number of aliphatic hydroxyl groups excluding tert-OH is 1. The normalized spacial score (nSPS) is 15.1.